The third kappa shape index (κ3) is 1.37. The van der Waals surface area contributed by atoms with E-state index in [0.29, 0.717) is 5.56 Å². The maximum Gasteiger partial charge on any atom is 0.103 e. The molecule has 62 valence electrons. The zero-order valence-electron chi connectivity index (χ0n) is 7.47. The average Bonchev–Trinajstić information content (AvgIpc) is 2.03. The number of aromatic nitrogens is 1. The molecule has 0 atom stereocenters. The van der Waals surface area contributed by atoms with Crippen molar-refractivity contribution in [2.45, 2.75) is 13.8 Å². The van der Waals surface area contributed by atoms with Crippen LogP contribution in [0.5, 0.6) is 0 Å². The minimum Gasteiger partial charge on any atom is -0.387 e. The van der Waals surface area contributed by atoms with Gasteiger partial charge in [-0.2, -0.15) is 5.26 Å². The zero-order chi connectivity index (χ0) is 9.14. The van der Waals surface area contributed by atoms with Crippen LogP contribution in [-0.2, 0) is 0 Å². The lowest BCUT2D eigenvalue weighted by Crippen LogP contribution is -1.98. The third-order valence-corrected chi connectivity index (χ3v) is 1.71. The van der Waals surface area contributed by atoms with Crippen LogP contribution in [0.1, 0.15) is 17.0 Å². The Morgan fingerprint density at radius 2 is 2.17 bits per heavy atom. The number of nitrogens with one attached hydrogen (secondary N) is 1. The number of rotatable bonds is 1. The van der Waals surface area contributed by atoms with Gasteiger partial charge in [-0.1, -0.05) is 0 Å². The molecule has 0 unspecified atom stereocenters. The summed E-state index contributed by atoms with van der Waals surface area (Å²) in [5.41, 5.74) is 3.18. The highest BCUT2D eigenvalue weighted by Crippen LogP contribution is 2.17. The summed E-state index contributed by atoms with van der Waals surface area (Å²) in [7, 11) is 1.80. The Kier molecular flexibility index (Phi) is 2.29. The molecule has 0 aromatic carbocycles. The van der Waals surface area contributed by atoms with Crippen molar-refractivity contribution < 1.29 is 0 Å². The van der Waals surface area contributed by atoms with Crippen LogP contribution < -0.4 is 5.32 Å². The highest BCUT2D eigenvalue weighted by Gasteiger charge is 2.05. The highest BCUT2D eigenvalue weighted by atomic mass is 14.8. The summed E-state index contributed by atoms with van der Waals surface area (Å²) in [6.07, 6.45) is 0. The summed E-state index contributed by atoms with van der Waals surface area (Å²) in [6, 6.07) is 3.98. The van der Waals surface area contributed by atoms with Crippen molar-refractivity contribution in [3.63, 3.8) is 0 Å². The molecule has 1 heterocycles. The molecule has 0 radical (unpaired) electrons. The summed E-state index contributed by atoms with van der Waals surface area (Å²) in [5.74, 6) is 0. The van der Waals surface area contributed by atoms with Gasteiger partial charge in [0.25, 0.3) is 0 Å². The Morgan fingerprint density at radius 1 is 1.50 bits per heavy atom. The molecule has 1 N–H and O–H groups in total. The summed E-state index contributed by atoms with van der Waals surface area (Å²) in [6.45, 7) is 3.75. The second kappa shape index (κ2) is 3.22. The summed E-state index contributed by atoms with van der Waals surface area (Å²) >= 11 is 0. The first-order chi connectivity index (χ1) is 5.69. The zero-order valence-corrected chi connectivity index (χ0v) is 7.47. The van der Waals surface area contributed by atoms with Crippen LogP contribution in [0.25, 0.3) is 0 Å². The first kappa shape index (κ1) is 8.54. The second-order valence-corrected chi connectivity index (χ2v) is 2.63. The molecule has 0 spiro atoms. The van der Waals surface area contributed by atoms with Crippen molar-refractivity contribution in [1.82, 2.24) is 4.98 Å². The number of anilines is 1. The van der Waals surface area contributed by atoms with E-state index >= 15 is 0 Å². The van der Waals surface area contributed by atoms with Gasteiger partial charge in [0.15, 0.2) is 0 Å². The summed E-state index contributed by atoms with van der Waals surface area (Å²) in [4.78, 5) is 4.19. The fraction of sp³-hybridized carbons (Fsp3) is 0.333. The molecule has 0 aliphatic heterocycles. The molecule has 0 aliphatic carbocycles. The first-order valence-electron chi connectivity index (χ1n) is 3.75. The van der Waals surface area contributed by atoms with E-state index in [1.165, 1.54) is 0 Å². The van der Waals surface area contributed by atoms with Gasteiger partial charge in [0.2, 0.25) is 0 Å². The normalized spacial score (nSPS) is 9.17. The SMILES string of the molecule is CNc1cc(C)nc(C)c1C#N. The maximum atomic E-state index is 8.79. The molecule has 0 saturated carbocycles. The van der Waals surface area contributed by atoms with Gasteiger partial charge in [0.1, 0.15) is 6.07 Å². The average molecular weight is 161 g/mol. The maximum absolute atomic E-state index is 8.79. The molecule has 0 amide bonds. The molecule has 1 rings (SSSR count). The quantitative estimate of drug-likeness (QED) is 0.680. The molecule has 0 bridgehead atoms. The highest BCUT2D eigenvalue weighted by molar-refractivity contribution is 5.59. The van der Waals surface area contributed by atoms with Crippen molar-refractivity contribution in [3.05, 3.63) is 23.0 Å². The lowest BCUT2D eigenvalue weighted by Gasteiger charge is -2.05. The lowest BCUT2D eigenvalue weighted by atomic mass is 10.1. The smallest absolute Gasteiger partial charge is 0.103 e. The van der Waals surface area contributed by atoms with Crippen LogP contribution in [0, 0.1) is 25.2 Å². The topological polar surface area (TPSA) is 48.7 Å². The number of aryl methyl sites for hydroxylation is 2. The minimum absolute atomic E-state index is 0.628. The van der Waals surface area contributed by atoms with Crippen LogP contribution >= 0.6 is 0 Å². The number of pyridine rings is 1. The number of nitrogens with zero attached hydrogens (tertiary/aromatic N) is 2. The van der Waals surface area contributed by atoms with E-state index in [1.54, 1.807) is 7.05 Å². The van der Waals surface area contributed by atoms with E-state index in [2.05, 4.69) is 16.4 Å². The Balaban J connectivity index is 3.36. The summed E-state index contributed by atoms with van der Waals surface area (Å²) in [5, 5.41) is 11.8. The molecular formula is C9H11N3. The van der Waals surface area contributed by atoms with E-state index in [0.717, 1.165) is 17.1 Å². The molecule has 1 aromatic heterocycles. The van der Waals surface area contributed by atoms with Crippen LogP contribution in [0.4, 0.5) is 5.69 Å². The van der Waals surface area contributed by atoms with Crippen molar-refractivity contribution in [1.29, 1.82) is 5.26 Å². The molecule has 12 heavy (non-hydrogen) atoms. The van der Waals surface area contributed by atoms with Gasteiger partial charge >= 0.3 is 0 Å². The van der Waals surface area contributed by atoms with E-state index in [4.69, 9.17) is 5.26 Å². The fourth-order valence-corrected chi connectivity index (χ4v) is 1.17. The molecule has 0 fully saturated rings. The number of hydrogen-bond acceptors (Lipinski definition) is 3. The van der Waals surface area contributed by atoms with E-state index < -0.39 is 0 Å². The van der Waals surface area contributed by atoms with Gasteiger partial charge in [-0.05, 0) is 19.9 Å². The lowest BCUT2D eigenvalue weighted by molar-refractivity contribution is 1.11. The predicted molar refractivity (Wildman–Crippen MR) is 48.0 cm³/mol. The van der Waals surface area contributed by atoms with Crippen molar-refractivity contribution in [3.8, 4) is 6.07 Å². The first-order valence-corrected chi connectivity index (χ1v) is 3.75. The Morgan fingerprint density at radius 3 is 2.67 bits per heavy atom. The Hall–Kier alpha value is -1.56. The largest absolute Gasteiger partial charge is 0.387 e. The van der Waals surface area contributed by atoms with Crippen LogP contribution in [0.3, 0.4) is 0 Å². The van der Waals surface area contributed by atoms with Gasteiger partial charge in [-0.3, -0.25) is 4.98 Å². The Labute approximate surface area is 72.1 Å². The second-order valence-electron chi connectivity index (χ2n) is 2.63. The van der Waals surface area contributed by atoms with Gasteiger partial charge in [0.05, 0.1) is 16.9 Å². The van der Waals surface area contributed by atoms with Gasteiger partial charge in [-0.15, -0.1) is 0 Å². The van der Waals surface area contributed by atoms with E-state index in [-0.39, 0.29) is 0 Å². The molecule has 3 nitrogen and oxygen atoms in total. The fourth-order valence-electron chi connectivity index (χ4n) is 1.17. The molecule has 3 heteroatoms. The molecule has 0 aliphatic rings. The van der Waals surface area contributed by atoms with Crippen molar-refractivity contribution in [2.24, 2.45) is 0 Å². The van der Waals surface area contributed by atoms with Crippen LogP contribution in [0.15, 0.2) is 6.07 Å². The standard InChI is InChI=1S/C9H11N3/c1-6-4-9(11-3)8(5-10)7(2)12-6/h4H,1-3H3,(H,11,12). The monoisotopic (exact) mass is 161 g/mol. The van der Waals surface area contributed by atoms with Crippen molar-refractivity contribution in [2.75, 3.05) is 12.4 Å². The minimum atomic E-state index is 0.628. The van der Waals surface area contributed by atoms with Gasteiger partial charge in [0, 0.05) is 12.7 Å². The van der Waals surface area contributed by atoms with Crippen molar-refractivity contribution >= 4 is 5.69 Å². The number of hydrogen-bond donors (Lipinski definition) is 1. The molecular weight excluding hydrogens is 150 g/mol. The number of nitriles is 1. The third-order valence-electron chi connectivity index (χ3n) is 1.71. The van der Waals surface area contributed by atoms with Crippen LogP contribution in [-0.4, -0.2) is 12.0 Å². The Bertz CT molecular complexity index is 336. The van der Waals surface area contributed by atoms with Gasteiger partial charge in [-0.25, -0.2) is 0 Å². The van der Waals surface area contributed by atoms with Gasteiger partial charge < -0.3 is 5.32 Å². The predicted octanol–water partition coefficient (Wildman–Crippen LogP) is 1.61. The van der Waals surface area contributed by atoms with E-state index in [1.807, 2.05) is 19.9 Å². The summed E-state index contributed by atoms with van der Waals surface area (Å²) < 4.78 is 0. The van der Waals surface area contributed by atoms with E-state index in [9.17, 15) is 0 Å². The molecule has 1 aromatic rings. The van der Waals surface area contributed by atoms with Crippen LogP contribution in [0.2, 0.25) is 0 Å². The molecule has 0 saturated heterocycles.